The Morgan fingerprint density at radius 2 is 1.81 bits per heavy atom. The molecule has 0 bridgehead atoms. The van der Waals surface area contributed by atoms with Gasteiger partial charge in [0.2, 0.25) is 11.8 Å². The number of hydrogen-bond donors (Lipinski definition) is 3. The Hall–Kier alpha value is -2.81. The number of esters is 1. The van der Waals surface area contributed by atoms with Gasteiger partial charge in [-0.2, -0.15) is 0 Å². The van der Waals surface area contributed by atoms with Gasteiger partial charge in [0, 0.05) is 12.8 Å². The van der Waals surface area contributed by atoms with Crippen LogP contribution in [0.5, 0.6) is 0 Å². The van der Waals surface area contributed by atoms with Crippen LogP contribution in [0.2, 0.25) is 5.02 Å². The summed E-state index contributed by atoms with van der Waals surface area (Å²) in [6, 6.07) is 4.17. The molecule has 0 radical (unpaired) electrons. The maximum Gasteiger partial charge on any atom is 0.408 e. The number of hydrogen-bond acceptors (Lipinski definition) is 6. The number of benzene rings is 1. The summed E-state index contributed by atoms with van der Waals surface area (Å²) in [4.78, 5) is 47.3. The summed E-state index contributed by atoms with van der Waals surface area (Å²) < 4.78 is 9.81. The summed E-state index contributed by atoms with van der Waals surface area (Å²) in [6.45, 7) is 5.09. The first-order chi connectivity index (χ1) is 14.9. The molecule has 0 aliphatic carbocycles. The third-order valence-electron chi connectivity index (χ3n) is 4.33. The van der Waals surface area contributed by atoms with E-state index in [0.717, 1.165) is 5.56 Å². The predicted octanol–water partition coefficient (Wildman–Crippen LogP) is 3.32. The van der Waals surface area contributed by atoms with Crippen molar-refractivity contribution >= 4 is 41.2 Å². The lowest BCUT2D eigenvalue weighted by molar-refractivity contribution is -0.140. The van der Waals surface area contributed by atoms with Crippen LogP contribution in [0.4, 0.5) is 10.5 Å². The van der Waals surface area contributed by atoms with Gasteiger partial charge in [-0.25, -0.2) is 4.79 Å². The van der Waals surface area contributed by atoms with Crippen LogP contribution in [0.1, 0.15) is 58.4 Å². The number of rotatable bonds is 11. The van der Waals surface area contributed by atoms with E-state index in [1.807, 2.05) is 6.07 Å². The third-order valence-corrected chi connectivity index (χ3v) is 4.77. The topological polar surface area (TPSA) is 137 Å². The van der Waals surface area contributed by atoms with E-state index in [1.165, 1.54) is 7.11 Å². The number of unbranched alkanes of at least 4 members (excludes halogenated alkanes) is 1. The molecular weight excluding hydrogens is 438 g/mol. The Morgan fingerprint density at radius 1 is 1.12 bits per heavy atom. The lowest BCUT2D eigenvalue weighted by Crippen LogP contribution is -2.46. The van der Waals surface area contributed by atoms with Crippen molar-refractivity contribution in [2.75, 3.05) is 12.4 Å². The molecule has 0 aliphatic rings. The quantitative estimate of drug-likeness (QED) is 0.336. The summed E-state index contributed by atoms with van der Waals surface area (Å²) >= 11 is 6.45. The minimum Gasteiger partial charge on any atom is -0.469 e. The van der Waals surface area contributed by atoms with Crippen LogP contribution in [0.25, 0.3) is 0 Å². The molecule has 0 fully saturated rings. The van der Waals surface area contributed by atoms with Crippen molar-refractivity contribution in [1.82, 2.24) is 5.32 Å². The average Bonchev–Trinajstić information content (AvgIpc) is 2.69. The maximum atomic E-state index is 12.8. The van der Waals surface area contributed by atoms with Crippen LogP contribution in [0.15, 0.2) is 18.2 Å². The zero-order chi connectivity index (χ0) is 24.3. The van der Waals surface area contributed by atoms with Gasteiger partial charge in [0.25, 0.3) is 0 Å². The van der Waals surface area contributed by atoms with Crippen molar-refractivity contribution in [2.45, 2.75) is 70.9 Å². The molecular formula is C22H32ClN3O6. The van der Waals surface area contributed by atoms with E-state index < -0.39 is 29.6 Å². The lowest BCUT2D eigenvalue weighted by Gasteiger charge is -2.23. The second-order valence-electron chi connectivity index (χ2n) is 8.25. The molecule has 9 nitrogen and oxygen atoms in total. The molecule has 1 aromatic carbocycles. The molecule has 1 atom stereocenters. The zero-order valence-electron chi connectivity index (χ0n) is 19.0. The standard InChI is InChI=1S/C22H32ClN3O6/c1-22(2,3)32-21(30)26-16(12-13-17(24)27)20(29)25-15-10-7-9-14(19(15)23)8-5-6-11-18(28)31-4/h7,9-10,16H,5-6,8,11-13H2,1-4H3,(H2,24,27)(H,25,29)(H,26,30). The summed E-state index contributed by atoms with van der Waals surface area (Å²) in [5.41, 5.74) is 5.62. The number of nitrogens with two attached hydrogens (primary N) is 1. The lowest BCUT2D eigenvalue weighted by atomic mass is 10.1. The number of primary amides is 1. The van der Waals surface area contributed by atoms with E-state index in [9.17, 15) is 19.2 Å². The highest BCUT2D eigenvalue weighted by atomic mass is 35.5. The highest BCUT2D eigenvalue weighted by molar-refractivity contribution is 6.34. The molecule has 1 unspecified atom stereocenters. The minimum absolute atomic E-state index is 0.00521. The first-order valence-electron chi connectivity index (χ1n) is 10.4. The van der Waals surface area contributed by atoms with E-state index >= 15 is 0 Å². The molecule has 0 saturated heterocycles. The molecule has 0 aliphatic heterocycles. The number of alkyl carbamates (subject to hydrolysis) is 1. The summed E-state index contributed by atoms with van der Waals surface area (Å²) in [7, 11) is 1.35. The van der Waals surface area contributed by atoms with E-state index in [1.54, 1.807) is 32.9 Å². The van der Waals surface area contributed by atoms with Gasteiger partial charge < -0.3 is 25.8 Å². The number of nitrogens with one attached hydrogen (secondary N) is 2. The van der Waals surface area contributed by atoms with Gasteiger partial charge in [0.1, 0.15) is 11.6 Å². The third kappa shape index (κ3) is 10.5. The van der Waals surface area contributed by atoms with E-state index in [2.05, 4.69) is 15.4 Å². The number of halogens is 1. The number of carbonyl (C=O) groups excluding carboxylic acids is 4. The molecule has 10 heteroatoms. The van der Waals surface area contributed by atoms with Crippen molar-refractivity contribution in [3.8, 4) is 0 Å². The molecule has 3 amide bonds. The number of anilines is 1. The monoisotopic (exact) mass is 469 g/mol. The first kappa shape index (κ1) is 27.2. The number of methoxy groups -OCH3 is 1. The smallest absolute Gasteiger partial charge is 0.408 e. The summed E-state index contributed by atoms with van der Waals surface area (Å²) in [5, 5.41) is 5.53. The number of ether oxygens (including phenoxy) is 2. The summed E-state index contributed by atoms with van der Waals surface area (Å²) in [6.07, 6.45) is 1.42. The van der Waals surface area contributed by atoms with Gasteiger partial charge >= 0.3 is 12.1 Å². The highest BCUT2D eigenvalue weighted by Gasteiger charge is 2.25. The first-order valence-corrected chi connectivity index (χ1v) is 10.7. The van der Waals surface area contributed by atoms with Gasteiger partial charge in [-0.15, -0.1) is 0 Å². The molecule has 0 spiro atoms. The SMILES string of the molecule is COC(=O)CCCCc1cccc(NC(=O)C(CCC(N)=O)NC(=O)OC(C)(C)C)c1Cl. The van der Waals surface area contributed by atoms with Crippen LogP contribution in [0, 0.1) is 0 Å². The molecule has 1 rings (SSSR count). The number of carbonyl (C=O) groups is 4. The van der Waals surface area contributed by atoms with Crippen molar-refractivity contribution < 1.29 is 28.7 Å². The predicted molar refractivity (Wildman–Crippen MR) is 121 cm³/mol. The fourth-order valence-corrected chi connectivity index (χ4v) is 3.05. The van der Waals surface area contributed by atoms with Crippen LogP contribution >= 0.6 is 11.6 Å². The second kappa shape index (κ2) is 12.9. The van der Waals surface area contributed by atoms with E-state index in [4.69, 9.17) is 22.1 Å². The summed E-state index contributed by atoms with van der Waals surface area (Å²) in [5.74, 6) is -1.42. The Labute approximate surface area is 193 Å². The molecule has 4 N–H and O–H groups in total. The molecule has 1 aromatic rings. The molecule has 32 heavy (non-hydrogen) atoms. The van der Waals surface area contributed by atoms with E-state index in [-0.39, 0.29) is 18.8 Å². The number of amides is 3. The number of aryl methyl sites for hydroxylation is 1. The van der Waals surface area contributed by atoms with Gasteiger partial charge in [-0.3, -0.25) is 14.4 Å². The largest absolute Gasteiger partial charge is 0.469 e. The van der Waals surface area contributed by atoms with Crippen molar-refractivity contribution in [3.05, 3.63) is 28.8 Å². The van der Waals surface area contributed by atoms with E-state index in [0.29, 0.717) is 36.4 Å². The second-order valence-corrected chi connectivity index (χ2v) is 8.63. The van der Waals surface area contributed by atoms with Gasteiger partial charge in [0.15, 0.2) is 0 Å². The van der Waals surface area contributed by atoms with Gasteiger partial charge in [-0.05, 0) is 58.1 Å². The van der Waals surface area contributed by atoms with Crippen LogP contribution < -0.4 is 16.4 Å². The Bertz CT molecular complexity index is 822. The fourth-order valence-electron chi connectivity index (χ4n) is 2.78. The minimum atomic E-state index is -1.04. The molecule has 0 saturated carbocycles. The average molecular weight is 470 g/mol. The highest BCUT2D eigenvalue weighted by Crippen LogP contribution is 2.27. The fraction of sp³-hybridized carbons (Fsp3) is 0.545. The van der Waals surface area contributed by atoms with Crippen molar-refractivity contribution in [2.24, 2.45) is 5.73 Å². The van der Waals surface area contributed by atoms with Crippen LogP contribution in [-0.4, -0.2) is 42.6 Å². The molecule has 0 aromatic heterocycles. The molecule has 178 valence electrons. The molecule has 0 heterocycles. The maximum absolute atomic E-state index is 12.8. The normalized spacial score (nSPS) is 11.9. The van der Waals surface area contributed by atoms with Gasteiger partial charge in [-0.1, -0.05) is 23.7 Å². The van der Waals surface area contributed by atoms with Crippen LogP contribution in [-0.2, 0) is 30.3 Å². The Morgan fingerprint density at radius 3 is 2.41 bits per heavy atom. The van der Waals surface area contributed by atoms with Crippen LogP contribution in [0.3, 0.4) is 0 Å². The van der Waals surface area contributed by atoms with Crippen molar-refractivity contribution in [1.29, 1.82) is 0 Å². The zero-order valence-corrected chi connectivity index (χ0v) is 19.7. The Balaban J connectivity index is 2.84. The van der Waals surface area contributed by atoms with Gasteiger partial charge in [0.05, 0.1) is 17.8 Å². The van der Waals surface area contributed by atoms with Crippen molar-refractivity contribution in [3.63, 3.8) is 0 Å². The Kier molecular flexibility index (Phi) is 11.0.